The number of hydrogen-bond acceptors (Lipinski definition) is 27. The number of rotatable bonds is 14. The molecule has 107 heavy (non-hydrogen) atoms. The number of carbonyl (C=O) groups excluding carboxylic acids is 7. The van der Waals surface area contributed by atoms with Gasteiger partial charge in [0.05, 0.1) is 41.3 Å². The fourth-order valence-electron chi connectivity index (χ4n) is 12.5. The first-order valence-corrected chi connectivity index (χ1v) is 34.0. The molecule has 2 saturated heterocycles. The Kier molecular flexibility index (Phi) is 25.5. The molecule has 2 fully saturated rings. The largest absolute Gasteiger partial charge is 0.508 e. The van der Waals surface area contributed by atoms with E-state index in [9.17, 15) is 79.8 Å². The van der Waals surface area contributed by atoms with Crippen LogP contribution >= 0.6 is 23.2 Å². The fraction of sp³-hybridized carbons (Fsp3) is 0.435. The zero-order valence-electron chi connectivity index (χ0n) is 57.8. The van der Waals surface area contributed by atoms with Crippen LogP contribution in [0.25, 0.3) is 11.1 Å². The van der Waals surface area contributed by atoms with Crippen LogP contribution < -0.4 is 68.6 Å². The van der Waals surface area contributed by atoms with Crippen molar-refractivity contribution in [3.05, 3.63) is 117 Å². The highest BCUT2D eigenvalue weighted by atomic mass is 35.5. The summed E-state index contributed by atoms with van der Waals surface area (Å²) in [5.74, 6) is -16.9. The average Bonchev–Trinajstić information content (AvgIpc) is 0.768. The molecule has 5 aromatic carbocycles. The van der Waals surface area contributed by atoms with E-state index in [1.807, 2.05) is 13.8 Å². The van der Waals surface area contributed by atoms with Gasteiger partial charge in [0, 0.05) is 34.7 Å². The number of nitrogens with one attached hydrogen (secondary N) is 7. The van der Waals surface area contributed by atoms with Gasteiger partial charge >= 0.3 is 11.9 Å². The van der Waals surface area contributed by atoms with Crippen molar-refractivity contribution < 1.29 is 128 Å². The van der Waals surface area contributed by atoms with Crippen LogP contribution in [0.3, 0.4) is 0 Å². The summed E-state index contributed by atoms with van der Waals surface area (Å²) in [4.78, 5) is 126. The van der Waals surface area contributed by atoms with Crippen LogP contribution in [0.15, 0.2) is 78.9 Å². The van der Waals surface area contributed by atoms with Gasteiger partial charge in [0.2, 0.25) is 53.4 Å². The normalized spacial score (nSPS) is 28.6. The Bertz CT molecular complexity index is 4250. The molecule has 0 saturated carbocycles. The third-order valence-corrected chi connectivity index (χ3v) is 18.8. The van der Waals surface area contributed by atoms with Crippen molar-refractivity contribution in [2.24, 2.45) is 23.1 Å². The monoisotopic (exact) mass is 1540 g/mol. The van der Waals surface area contributed by atoms with Gasteiger partial charge in [-0.25, -0.2) is 4.79 Å². The van der Waals surface area contributed by atoms with Crippen molar-refractivity contribution >= 4 is 76.5 Å². The second-order valence-corrected chi connectivity index (χ2v) is 27.7. The minimum Gasteiger partial charge on any atom is -0.508 e. The first-order chi connectivity index (χ1) is 50.3. The number of aliphatic carboxylic acids is 2. The first-order valence-electron chi connectivity index (χ1n) is 33.2. The lowest BCUT2D eigenvalue weighted by Crippen LogP contribution is -2.64. The minimum absolute atomic E-state index is 0.0975. The van der Waals surface area contributed by atoms with E-state index in [4.69, 9.17) is 73.9 Å². The maximum absolute atomic E-state index is 16.0. The van der Waals surface area contributed by atoms with E-state index in [2.05, 4.69) is 37.2 Å². The number of nitrogens with two attached hydrogens (primary N) is 3. The molecular formula is C69H82Cl2N10O26. The number of carboxylic acid groups (broad SMARTS) is 2. The number of carbonyl (C=O) groups is 9. The highest BCUT2D eigenvalue weighted by Gasteiger charge is 2.52. The summed E-state index contributed by atoms with van der Waals surface area (Å²) >= 11 is 14.1. The van der Waals surface area contributed by atoms with Gasteiger partial charge in [-0.3, -0.25) is 38.4 Å². The molecule has 0 spiro atoms. The maximum atomic E-state index is 16.0. The predicted octanol–water partition coefficient (Wildman–Crippen LogP) is -0.476. The van der Waals surface area contributed by atoms with Gasteiger partial charge in [0.1, 0.15) is 95.5 Å². The van der Waals surface area contributed by atoms with Crippen molar-refractivity contribution in [1.82, 2.24) is 37.2 Å². The Morgan fingerprint density at radius 2 is 1.28 bits per heavy atom. The second kappa shape index (κ2) is 33.6. The predicted molar refractivity (Wildman–Crippen MR) is 371 cm³/mol. The maximum Gasteiger partial charge on any atom is 0.330 e. The van der Waals surface area contributed by atoms with Crippen molar-refractivity contribution in [2.45, 2.75) is 169 Å². The molecule has 19 atom stereocenters. The zero-order chi connectivity index (χ0) is 78.7. The summed E-state index contributed by atoms with van der Waals surface area (Å²) in [7, 11) is 1.47. The number of ether oxygens (including phenoxy) is 6. The molecule has 36 nitrogen and oxygen atoms in total. The number of carboxylic acids is 2. The number of phenols is 3. The summed E-state index contributed by atoms with van der Waals surface area (Å²) in [5, 5.41) is 138. The van der Waals surface area contributed by atoms with Gasteiger partial charge < -0.3 is 139 Å². The number of amides is 7. The van der Waals surface area contributed by atoms with Gasteiger partial charge in [-0.15, -0.1) is 0 Å². The Morgan fingerprint density at radius 3 is 1.83 bits per heavy atom. The molecule has 7 aliphatic rings. The Labute approximate surface area is 618 Å². The Hall–Kier alpha value is -9.77. The molecule has 578 valence electrons. The number of primary amides is 1. The number of hydrogen-bond donors (Lipinski definition) is 21. The third-order valence-electron chi connectivity index (χ3n) is 18.2. The van der Waals surface area contributed by atoms with E-state index in [0.29, 0.717) is 0 Å². The molecule has 11 bridgehead atoms. The van der Waals surface area contributed by atoms with E-state index in [1.165, 1.54) is 40.0 Å². The van der Waals surface area contributed by atoms with Crippen LogP contribution in [0.1, 0.15) is 112 Å². The van der Waals surface area contributed by atoms with Gasteiger partial charge in [0.15, 0.2) is 29.9 Å². The highest BCUT2D eigenvalue weighted by molar-refractivity contribution is 6.32. The van der Waals surface area contributed by atoms with Crippen LogP contribution in [0.2, 0.25) is 10.0 Å². The van der Waals surface area contributed by atoms with Crippen LogP contribution in [0.4, 0.5) is 0 Å². The van der Waals surface area contributed by atoms with Crippen LogP contribution in [-0.2, 0) is 57.4 Å². The summed E-state index contributed by atoms with van der Waals surface area (Å²) in [6, 6.07) is -1.41. The molecule has 0 aliphatic carbocycles. The van der Waals surface area contributed by atoms with E-state index >= 15 is 14.4 Å². The summed E-state index contributed by atoms with van der Waals surface area (Å²) < 4.78 is 38.3. The van der Waals surface area contributed by atoms with E-state index in [1.54, 1.807) is 0 Å². The minimum atomic E-state index is -2.35. The van der Waals surface area contributed by atoms with Crippen molar-refractivity contribution in [1.29, 1.82) is 0 Å². The molecule has 0 radical (unpaired) electrons. The molecule has 12 rings (SSSR count). The number of aliphatic hydroxyl groups is 6. The van der Waals surface area contributed by atoms with Gasteiger partial charge in [-0.1, -0.05) is 55.2 Å². The summed E-state index contributed by atoms with van der Waals surface area (Å²) in [6.07, 6.45) is -18.6. The standard InChI is InChI=1S/C66H75Cl2N9O24.C3H7NO2/c1-23(2)12-34(71-5)58(88)76-49-51(83)26-7-10-38(32(67)14-26)97-40-16-28-17-41(55(40)101-65-56(54(86)53(85)42(22-78)99-65)100-44-21-66(4,70)57(87)24(3)96-44)98-39-11-8-27(15-33(39)68)52(84)50-63(93)75-48(64(94)95)31-18-29(79)19-37(81)45(31)30-13-25(6-9-36(30)80)46(60(90)77-50)74-61(91)47(28)73-59(89)35(20-43(69)82)72-62(49)92;1-2(4)3(5)6/h6-11,13-19,23-24,34-35,42,44,46-54,56-57,65,71,78-81,83-87H,12,20-22,70H2,1-5H3,(H2,69,82)(H,72,92)(H,73,89)(H,74,91)(H,75,93)(H,76,88)(H,77,90)(H,94,95);2H,4H2,1H3,(H,5,6)/t24-,34+,35-,42+,44-,46+,47+,48+,49+,50-,51+,52+,53+,54-,56+,57?,65-,66-;/m0./s1. The number of fused-ring (bicyclic) bond motifs is 15. The summed E-state index contributed by atoms with van der Waals surface area (Å²) in [6.45, 7) is 7.08. The summed E-state index contributed by atoms with van der Waals surface area (Å²) in [5.41, 5.74) is 12.8. The molecule has 24 N–H and O–H groups in total. The quantitative estimate of drug-likeness (QED) is 0.0668. The van der Waals surface area contributed by atoms with Crippen LogP contribution in [0, 0.1) is 5.92 Å². The van der Waals surface area contributed by atoms with Crippen LogP contribution in [0.5, 0.6) is 46.0 Å². The highest BCUT2D eigenvalue weighted by Crippen LogP contribution is 2.50. The number of phenolic OH excluding ortho intramolecular Hbond substituents is 3. The van der Waals surface area contributed by atoms with E-state index < -0.39 is 249 Å². The second-order valence-electron chi connectivity index (χ2n) is 26.8. The smallest absolute Gasteiger partial charge is 0.330 e. The van der Waals surface area contributed by atoms with Gasteiger partial charge in [-0.2, -0.15) is 0 Å². The lowest BCUT2D eigenvalue weighted by atomic mass is 9.86. The molecule has 38 heteroatoms. The molecule has 5 aromatic rings. The number of aliphatic hydroxyl groups excluding tert-OH is 6. The average molecular weight is 1540 g/mol. The van der Waals surface area contributed by atoms with E-state index in [0.717, 1.165) is 66.7 Å². The fourth-order valence-corrected chi connectivity index (χ4v) is 12.9. The molecular weight excluding hydrogens is 1460 g/mol. The molecule has 0 aromatic heterocycles. The lowest BCUT2D eigenvalue weighted by Gasteiger charge is -2.47. The van der Waals surface area contributed by atoms with Gasteiger partial charge in [-0.05, 0) is 117 Å². The molecule has 7 amide bonds. The Balaban J connectivity index is 0.00000211. The number of aromatic hydroxyl groups is 3. The molecule has 2 unspecified atom stereocenters. The van der Waals surface area contributed by atoms with E-state index in [-0.39, 0.29) is 46.2 Å². The van der Waals surface area contributed by atoms with Crippen LogP contribution in [-0.4, -0.2) is 208 Å². The SMILES string of the molecule is CC(N)C(=O)O.CN[C@H](CC(C)C)C(=O)N[C@H]1C(=O)N[C@@H](CC(N)=O)C(=O)N[C@H]2C(=O)N[C@H]3C(=O)N[C@H](C(=O)N[C@@H](C(=O)O)c4cc(O)cc(O)c4-c4cc3ccc4O)[C@H](O)c3ccc(c(Cl)c3)Oc3cc2cc(c3O[C@@H]2O[C@H](CO)[C@@H](O)[C@H](O)[C@H]2O[C@H]2C[C@](C)(N)C(O)[C@H](C)O2)Oc2ccc(cc2Cl)[C@H]1O. The van der Waals surface area contributed by atoms with Crippen molar-refractivity contribution in [2.75, 3.05) is 13.7 Å². The third kappa shape index (κ3) is 18.3. The van der Waals surface area contributed by atoms with Gasteiger partial charge in [0.25, 0.3) is 0 Å². The van der Waals surface area contributed by atoms with Crippen molar-refractivity contribution in [3.8, 4) is 57.1 Å². The Morgan fingerprint density at radius 1 is 0.701 bits per heavy atom. The molecule has 7 heterocycles. The topological polar surface area (TPSA) is 594 Å². The van der Waals surface area contributed by atoms with Crippen molar-refractivity contribution in [3.63, 3.8) is 0 Å². The first kappa shape index (κ1) is 81.3. The zero-order valence-corrected chi connectivity index (χ0v) is 59.3. The lowest BCUT2D eigenvalue weighted by molar-refractivity contribution is -0.333. The number of likely N-dealkylation sites (N-methyl/N-ethyl adjacent to an activating group) is 1. The molecule has 7 aliphatic heterocycles. The number of benzene rings is 5. The number of halogens is 2.